The molecule has 1 atom stereocenters. The molecule has 0 fully saturated rings. The zero-order chi connectivity index (χ0) is 13.8. The van der Waals surface area contributed by atoms with Gasteiger partial charge in [0.2, 0.25) is 0 Å². The molecule has 0 aliphatic rings. The van der Waals surface area contributed by atoms with Crippen LogP contribution in [0.1, 0.15) is 35.3 Å². The highest BCUT2D eigenvalue weighted by molar-refractivity contribution is 5.37. The minimum atomic E-state index is 0.0990. The third-order valence-corrected chi connectivity index (χ3v) is 3.24. The number of aromatic nitrogens is 1. The Morgan fingerprint density at radius 2 is 2.00 bits per heavy atom. The molecule has 0 bridgehead atoms. The molecular weight excluding hydrogens is 236 g/mol. The first kappa shape index (κ1) is 13.6. The van der Waals surface area contributed by atoms with Crippen molar-refractivity contribution in [3.05, 3.63) is 58.9 Å². The summed E-state index contributed by atoms with van der Waals surface area (Å²) in [5.74, 6) is 0.349. The van der Waals surface area contributed by atoms with Crippen LogP contribution in [0.4, 0.5) is 0 Å². The van der Waals surface area contributed by atoms with Gasteiger partial charge in [0.25, 0.3) is 0 Å². The zero-order valence-corrected chi connectivity index (χ0v) is 11.6. The van der Waals surface area contributed by atoms with E-state index in [0.717, 1.165) is 28.9 Å². The maximum absolute atomic E-state index is 9.94. The summed E-state index contributed by atoms with van der Waals surface area (Å²) >= 11 is 0. The maximum Gasteiger partial charge on any atom is 0.120 e. The Morgan fingerprint density at radius 3 is 2.63 bits per heavy atom. The van der Waals surface area contributed by atoms with Gasteiger partial charge in [0.05, 0.1) is 0 Å². The lowest BCUT2D eigenvalue weighted by molar-refractivity contribution is 0.452. The lowest BCUT2D eigenvalue weighted by atomic mass is 10.0. The molecule has 1 aromatic carbocycles. The van der Waals surface area contributed by atoms with Crippen molar-refractivity contribution in [1.29, 1.82) is 0 Å². The molecule has 1 heterocycles. The Labute approximate surface area is 114 Å². The molecule has 2 N–H and O–H groups in total. The number of hydrogen-bond donors (Lipinski definition) is 2. The second-order valence-electron chi connectivity index (χ2n) is 4.97. The van der Waals surface area contributed by atoms with Crippen LogP contribution in [0.5, 0.6) is 5.75 Å². The van der Waals surface area contributed by atoms with Gasteiger partial charge in [-0.3, -0.25) is 4.98 Å². The first-order valence-electron chi connectivity index (χ1n) is 6.50. The van der Waals surface area contributed by atoms with Crippen LogP contribution in [0.15, 0.2) is 36.5 Å². The van der Waals surface area contributed by atoms with Gasteiger partial charge in [-0.2, -0.15) is 0 Å². The zero-order valence-electron chi connectivity index (χ0n) is 11.6. The van der Waals surface area contributed by atoms with E-state index in [0.29, 0.717) is 5.75 Å². The van der Waals surface area contributed by atoms with Crippen LogP contribution in [0.2, 0.25) is 0 Å². The fourth-order valence-electron chi connectivity index (χ4n) is 2.00. The molecule has 2 aromatic rings. The quantitative estimate of drug-likeness (QED) is 0.882. The van der Waals surface area contributed by atoms with Gasteiger partial charge in [-0.15, -0.1) is 0 Å². The average molecular weight is 256 g/mol. The summed E-state index contributed by atoms with van der Waals surface area (Å²) in [7, 11) is 0. The summed E-state index contributed by atoms with van der Waals surface area (Å²) in [4.78, 5) is 4.27. The molecule has 100 valence electrons. The van der Waals surface area contributed by atoms with E-state index in [9.17, 15) is 5.11 Å². The Morgan fingerprint density at radius 1 is 1.21 bits per heavy atom. The number of hydrogen-bond acceptors (Lipinski definition) is 3. The predicted molar refractivity (Wildman–Crippen MR) is 77.1 cm³/mol. The number of aryl methyl sites for hydroxylation is 2. The summed E-state index contributed by atoms with van der Waals surface area (Å²) in [6, 6.07) is 9.95. The van der Waals surface area contributed by atoms with E-state index in [2.05, 4.69) is 16.4 Å². The van der Waals surface area contributed by atoms with Crippen molar-refractivity contribution in [2.45, 2.75) is 33.4 Å². The lowest BCUT2D eigenvalue weighted by Gasteiger charge is -2.16. The van der Waals surface area contributed by atoms with Gasteiger partial charge in [-0.25, -0.2) is 0 Å². The molecule has 3 heteroatoms. The highest BCUT2D eigenvalue weighted by atomic mass is 16.3. The molecule has 0 saturated heterocycles. The first-order chi connectivity index (χ1) is 9.06. The number of nitrogens with zero attached hydrogens (tertiary/aromatic N) is 1. The van der Waals surface area contributed by atoms with E-state index in [1.807, 2.05) is 45.2 Å². The van der Waals surface area contributed by atoms with Crippen molar-refractivity contribution < 1.29 is 5.11 Å². The van der Waals surface area contributed by atoms with Crippen LogP contribution in [-0.4, -0.2) is 10.1 Å². The summed E-state index contributed by atoms with van der Waals surface area (Å²) in [5.41, 5.74) is 4.15. The molecule has 1 unspecified atom stereocenters. The summed E-state index contributed by atoms with van der Waals surface area (Å²) in [6.45, 7) is 6.73. The number of rotatable bonds is 4. The van der Waals surface area contributed by atoms with Crippen molar-refractivity contribution in [1.82, 2.24) is 10.3 Å². The first-order valence-corrected chi connectivity index (χ1v) is 6.50. The molecule has 0 amide bonds. The minimum Gasteiger partial charge on any atom is -0.508 e. The highest BCUT2D eigenvalue weighted by Crippen LogP contribution is 2.25. The number of nitrogens with one attached hydrogen (secondary N) is 1. The highest BCUT2D eigenvalue weighted by Gasteiger charge is 2.09. The molecule has 0 aliphatic carbocycles. The second-order valence-corrected chi connectivity index (χ2v) is 4.97. The van der Waals surface area contributed by atoms with Gasteiger partial charge in [0.15, 0.2) is 0 Å². The predicted octanol–water partition coefficient (Wildman–Crippen LogP) is 3.25. The van der Waals surface area contributed by atoms with Gasteiger partial charge < -0.3 is 10.4 Å². The number of benzene rings is 1. The van der Waals surface area contributed by atoms with E-state index in [4.69, 9.17) is 0 Å². The SMILES string of the molecule is Cc1ccc(C(C)NCc2ccc(C)nc2)c(O)c1. The van der Waals surface area contributed by atoms with E-state index < -0.39 is 0 Å². The number of pyridine rings is 1. The molecular formula is C16H20N2O. The molecule has 0 aliphatic heterocycles. The maximum atomic E-state index is 9.94. The normalized spacial score (nSPS) is 12.4. The van der Waals surface area contributed by atoms with Gasteiger partial charge >= 0.3 is 0 Å². The smallest absolute Gasteiger partial charge is 0.120 e. The van der Waals surface area contributed by atoms with Gasteiger partial charge in [-0.1, -0.05) is 18.2 Å². The Kier molecular flexibility index (Phi) is 4.17. The van der Waals surface area contributed by atoms with Gasteiger partial charge in [0, 0.05) is 30.0 Å². The van der Waals surface area contributed by atoms with Gasteiger partial charge in [0.1, 0.15) is 5.75 Å². The van der Waals surface area contributed by atoms with Crippen molar-refractivity contribution in [2.75, 3.05) is 0 Å². The molecule has 3 nitrogen and oxygen atoms in total. The molecule has 19 heavy (non-hydrogen) atoms. The Balaban J connectivity index is 2.01. The average Bonchev–Trinajstić information content (AvgIpc) is 2.37. The van der Waals surface area contributed by atoms with E-state index in [1.165, 1.54) is 0 Å². The third-order valence-electron chi connectivity index (χ3n) is 3.24. The van der Waals surface area contributed by atoms with E-state index in [-0.39, 0.29) is 6.04 Å². The Bertz CT molecular complexity index is 549. The Hall–Kier alpha value is -1.87. The molecule has 1 aromatic heterocycles. The van der Waals surface area contributed by atoms with E-state index in [1.54, 1.807) is 6.07 Å². The molecule has 0 spiro atoms. The van der Waals surface area contributed by atoms with Crippen molar-refractivity contribution >= 4 is 0 Å². The third kappa shape index (κ3) is 3.55. The van der Waals surface area contributed by atoms with Crippen LogP contribution >= 0.6 is 0 Å². The van der Waals surface area contributed by atoms with Crippen molar-refractivity contribution in [3.8, 4) is 5.75 Å². The molecule has 0 radical (unpaired) electrons. The fraction of sp³-hybridized carbons (Fsp3) is 0.312. The van der Waals surface area contributed by atoms with Crippen molar-refractivity contribution in [3.63, 3.8) is 0 Å². The molecule has 0 saturated carbocycles. The second kappa shape index (κ2) is 5.85. The van der Waals surface area contributed by atoms with Crippen molar-refractivity contribution in [2.24, 2.45) is 0 Å². The number of aromatic hydroxyl groups is 1. The standard InChI is InChI=1S/C16H20N2O/c1-11-4-7-15(16(19)8-11)13(3)18-10-14-6-5-12(2)17-9-14/h4-9,13,18-19H,10H2,1-3H3. The number of phenolic OH excluding ortho intramolecular Hbond substituents is 1. The largest absolute Gasteiger partial charge is 0.508 e. The van der Waals surface area contributed by atoms with Crippen LogP contribution in [-0.2, 0) is 6.54 Å². The summed E-state index contributed by atoms with van der Waals surface area (Å²) in [5, 5.41) is 13.3. The van der Waals surface area contributed by atoms with E-state index >= 15 is 0 Å². The van der Waals surface area contributed by atoms with Crippen LogP contribution in [0.25, 0.3) is 0 Å². The van der Waals surface area contributed by atoms with Gasteiger partial charge in [-0.05, 0) is 44.0 Å². The summed E-state index contributed by atoms with van der Waals surface area (Å²) in [6.07, 6.45) is 1.88. The summed E-state index contributed by atoms with van der Waals surface area (Å²) < 4.78 is 0. The van der Waals surface area contributed by atoms with Crippen LogP contribution in [0, 0.1) is 13.8 Å². The fourth-order valence-corrected chi connectivity index (χ4v) is 2.00. The lowest BCUT2D eigenvalue weighted by Crippen LogP contribution is -2.18. The van der Waals surface area contributed by atoms with Crippen LogP contribution < -0.4 is 5.32 Å². The topological polar surface area (TPSA) is 45.2 Å². The molecule has 2 rings (SSSR count). The number of phenols is 1. The van der Waals surface area contributed by atoms with Crippen LogP contribution in [0.3, 0.4) is 0 Å². The minimum absolute atomic E-state index is 0.0990. The monoisotopic (exact) mass is 256 g/mol.